The van der Waals surface area contributed by atoms with Crippen LogP contribution in [0.15, 0.2) is 30.3 Å². The third-order valence-electron chi connectivity index (χ3n) is 3.60. The lowest BCUT2D eigenvalue weighted by Gasteiger charge is -2.49. The van der Waals surface area contributed by atoms with Crippen molar-refractivity contribution in [1.29, 1.82) is 0 Å². The Balaban J connectivity index is 1.86. The molecule has 1 aliphatic heterocycles. The fourth-order valence-corrected chi connectivity index (χ4v) is 2.22. The van der Waals surface area contributed by atoms with Crippen LogP contribution in [0, 0.1) is 0 Å². The Morgan fingerprint density at radius 3 is 2.72 bits per heavy atom. The SMILES string of the molecule is CC1(CCO)CCN1C(=O)OCc1ccccc1. The molecule has 1 aromatic rings. The van der Waals surface area contributed by atoms with Gasteiger partial charge in [0.1, 0.15) is 6.61 Å². The van der Waals surface area contributed by atoms with Crippen molar-refractivity contribution < 1.29 is 14.6 Å². The Hall–Kier alpha value is -1.55. The van der Waals surface area contributed by atoms with Crippen molar-refractivity contribution in [1.82, 2.24) is 4.90 Å². The maximum atomic E-state index is 11.9. The third kappa shape index (κ3) is 2.64. The van der Waals surface area contributed by atoms with Gasteiger partial charge in [-0.05, 0) is 25.3 Å². The number of carbonyl (C=O) groups is 1. The molecule has 0 aromatic heterocycles. The van der Waals surface area contributed by atoms with Crippen molar-refractivity contribution in [2.45, 2.75) is 31.9 Å². The smallest absolute Gasteiger partial charge is 0.410 e. The molecule has 0 radical (unpaired) electrons. The van der Waals surface area contributed by atoms with E-state index in [1.165, 1.54) is 0 Å². The molecule has 1 unspecified atom stereocenters. The number of aliphatic hydroxyl groups is 1. The highest BCUT2D eigenvalue weighted by molar-refractivity contribution is 5.70. The lowest BCUT2D eigenvalue weighted by atomic mass is 9.84. The second kappa shape index (κ2) is 5.40. The zero-order valence-corrected chi connectivity index (χ0v) is 10.6. The molecule has 1 atom stereocenters. The lowest BCUT2D eigenvalue weighted by molar-refractivity contribution is -0.0187. The van der Waals surface area contributed by atoms with Crippen LogP contribution in [0.5, 0.6) is 0 Å². The molecule has 0 bridgehead atoms. The molecule has 18 heavy (non-hydrogen) atoms. The monoisotopic (exact) mass is 249 g/mol. The molecule has 1 amide bonds. The Bertz CT molecular complexity index is 407. The fraction of sp³-hybridized carbons (Fsp3) is 0.500. The molecule has 1 fully saturated rings. The van der Waals surface area contributed by atoms with E-state index in [-0.39, 0.29) is 18.2 Å². The van der Waals surface area contributed by atoms with Gasteiger partial charge in [-0.25, -0.2) is 4.79 Å². The molecule has 4 heteroatoms. The van der Waals surface area contributed by atoms with E-state index < -0.39 is 0 Å². The van der Waals surface area contributed by atoms with E-state index in [0.717, 1.165) is 12.0 Å². The number of nitrogens with zero attached hydrogens (tertiary/aromatic N) is 1. The molecule has 1 N–H and O–H groups in total. The number of benzene rings is 1. The third-order valence-corrected chi connectivity index (χ3v) is 3.60. The van der Waals surface area contributed by atoms with Crippen molar-refractivity contribution in [3.8, 4) is 0 Å². The van der Waals surface area contributed by atoms with Crippen molar-refractivity contribution in [3.05, 3.63) is 35.9 Å². The summed E-state index contributed by atoms with van der Waals surface area (Å²) in [6.07, 6.45) is 1.24. The van der Waals surface area contributed by atoms with Gasteiger partial charge in [-0.2, -0.15) is 0 Å². The predicted molar refractivity (Wildman–Crippen MR) is 68.1 cm³/mol. The van der Waals surface area contributed by atoms with E-state index in [1.807, 2.05) is 37.3 Å². The molecular formula is C14H19NO3. The quantitative estimate of drug-likeness (QED) is 0.889. The van der Waals surface area contributed by atoms with Gasteiger partial charge in [-0.1, -0.05) is 30.3 Å². The van der Waals surface area contributed by atoms with Gasteiger partial charge in [0.15, 0.2) is 0 Å². The Morgan fingerprint density at radius 1 is 1.44 bits per heavy atom. The molecule has 0 saturated carbocycles. The largest absolute Gasteiger partial charge is 0.445 e. The summed E-state index contributed by atoms with van der Waals surface area (Å²) in [7, 11) is 0. The molecule has 0 spiro atoms. The number of amides is 1. The second-order valence-corrected chi connectivity index (χ2v) is 4.91. The number of hydrogen-bond donors (Lipinski definition) is 1. The van der Waals surface area contributed by atoms with Crippen LogP contribution in [0.3, 0.4) is 0 Å². The van der Waals surface area contributed by atoms with Gasteiger partial charge in [0.25, 0.3) is 0 Å². The van der Waals surface area contributed by atoms with E-state index in [0.29, 0.717) is 19.6 Å². The van der Waals surface area contributed by atoms with E-state index in [4.69, 9.17) is 9.84 Å². The minimum absolute atomic E-state index is 0.0962. The van der Waals surface area contributed by atoms with Gasteiger partial charge in [0, 0.05) is 18.7 Å². The lowest BCUT2D eigenvalue weighted by Crippen LogP contribution is -2.60. The topological polar surface area (TPSA) is 49.8 Å². The van der Waals surface area contributed by atoms with Gasteiger partial charge >= 0.3 is 6.09 Å². The van der Waals surface area contributed by atoms with Crippen LogP contribution in [0.25, 0.3) is 0 Å². The number of carbonyl (C=O) groups excluding carboxylic acids is 1. The highest BCUT2D eigenvalue weighted by Gasteiger charge is 2.43. The van der Waals surface area contributed by atoms with Gasteiger partial charge in [0.05, 0.1) is 0 Å². The molecule has 1 heterocycles. The number of ether oxygens (including phenoxy) is 1. The van der Waals surface area contributed by atoms with E-state index in [9.17, 15) is 4.79 Å². The maximum Gasteiger partial charge on any atom is 0.410 e. The van der Waals surface area contributed by atoms with Crippen molar-refractivity contribution >= 4 is 6.09 Å². The van der Waals surface area contributed by atoms with Gasteiger partial charge in [-0.3, -0.25) is 0 Å². The zero-order valence-electron chi connectivity index (χ0n) is 10.6. The molecule has 4 nitrogen and oxygen atoms in total. The summed E-state index contributed by atoms with van der Waals surface area (Å²) < 4.78 is 5.28. The number of rotatable bonds is 4. The highest BCUT2D eigenvalue weighted by Crippen LogP contribution is 2.33. The van der Waals surface area contributed by atoms with E-state index >= 15 is 0 Å². The van der Waals surface area contributed by atoms with Crippen molar-refractivity contribution in [2.24, 2.45) is 0 Å². The first-order valence-corrected chi connectivity index (χ1v) is 6.25. The van der Waals surface area contributed by atoms with Crippen LogP contribution < -0.4 is 0 Å². The number of likely N-dealkylation sites (tertiary alicyclic amines) is 1. The molecular weight excluding hydrogens is 230 g/mol. The molecule has 1 aromatic carbocycles. The minimum atomic E-state index is -0.291. The van der Waals surface area contributed by atoms with Crippen LogP contribution in [-0.2, 0) is 11.3 Å². The normalized spacial score (nSPS) is 22.4. The maximum absolute atomic E-state index is 11.9. The first-order valence-electron chi connectivity index (χ1n) is 6.25. The van der Waals surface area contributed by atoms with Crippen LogP contribution in [0.1, 0.15) is 25.3 Å². The number of hydrogen-bond acceptors (Lipinski definition) is 3. The summed E-state index contributed by atoms with van der Waals surface area (Å²) in [6.45, 7) is 3.09. The van der Waals surface area contributed by atoms with Gasteiger partial charge in [0.2, 0.25) is 0 Å². The van der Waals surface area contributed by atoms with Crippen LogP contribution in [0.4, 0.5) is 4.79 Å². The fourth-order valence-electron chi connectivity index (χ4n) is 2.22. The first-order chi connectivity index (χ1) is 8.65. The minimum Gasteiger partial charge on any atom is -0.445 e. The molecule has 1 saturated heterocycles. The molecule has 98 valence electrons. The summed E-state index contributed by atoms with van der Waals surface area (Å²) >= 11 is 0. The Kier molecular flexibility index (Phi) is 3.87. The second-order valence-electron chi connectivity index (χ2n) is 4.91. The zero-order chi connectivity index (χ0) is 13.0. The van der Waals surface area contributed by atoms with Gasteiger partial charge in [-0.15, -0.1) is 0 Å². The van der Waals surface area contributed by atoms with Crippen LogP contribution >= 0.6 is 0 Å². The van der Waals surface area contributed by atoms with Crippen LogP contribution in [0.2, 0.25) is 0 Å². The molecule has 2 rings (SSSR count). The summed E-state index contributed by atoms with van der Waals surface area (Å²) in [5, 5.41) is 9.00. The highest BCUT2D eigenvalue weighted by atomic mass is 16.6. The van der Waals surface area contributed by atoms with E-state index in [2.05, 4.69) is 0 Å². The summed E-state index contributed by atoms with van der Waals surface area (Å²) in [5.74, 6) is 0. The van der Waals surface area contributed by atoms with Crippen molar-refractivity contribution in [3.63, 3.8) is 0 Å². The summed E-state index contributed by atoms with van der Waals surface area (Å²) in [5.41, 5.74) is 0.748. The average Bonchev–Trinajstić information content (AvgIpc) is 2.37. The summed E-state index contributed by atoms with van der Waals surface area (Å²) in [6, 6.07) is 9.62. The molecule has 0 aliphatic carbocycles. The predicted octanol–water partition coefficient (Wildman–Crippen LogP) is 2.17. The average molecular weight is 249 g/mol. The number of aliphatic hydroxyl groups excluding tert-OH is 1. The van der Waals surface area contributed by atoms with E-state index in [1.54, 1.807) is 4.90 Å². The Labute approximate surface area is 107 Å². The van der Waals surface area contributed by atoms with Crippen LogP contribution in [-0.4, -0.2) is 34.8 Å². The molecule has 1 aliphatic rings. The standard InChI is InChI=1S/C14H19NO3/c1-14(8-10-16)7-9-15(14)13(17)18-11-12-5-3-2-4-6-12/h2-6,16H,7-11H2,1H3. The first kappa shape index (κ1) is 12.9. The van der Waals surface area contributed by atoms with Gasteiger partial charge < -0.3 is 14.7 Å². The Morgan fingerprint density at radius 2 is 2.17 bits per heavy atom. The van der Waals surface area contributed by atoms with Crippen molar-refractivity contribution in [2.75, 3.05) is 13.2 Å². The summed E-state index contributed by atoms with van der Waals surface area (Å²) in [4.78, 5) is 13.6.